The monoisotopic (exact) mass is 711 g/mol. The van der Waals surface area contributed by atoms with Crippen molar-refractivity contribution in [2.24, 2.45) is 17.8 Å². The Morgan fingerprint density at radius 1 is 0.980 bits per heavy atom. The Morgan fingerprint density at radius 2 is 1.63 bits per heavy atom. The molecule has 5 bridgehead atoms. The van der Waals surface area contributed by atoms with E-state index in [0.717, 1.165) is 12.3 Å². The van der Waals surface area contributed by atoms with Crippen LogP contribution in [0.1, 0.15) is 85.1 Å². The molecule has 51 heavy (non-hydrogen) atoms. The van der Waals surface area contributed by atoms with E-state index in [9.17, 15) is 44.4 Å². The van der Waals surface area contributed by atoms with Crippen molar-refractivity contribution in [2.75, 3.05) is 7.11 Å². The number of aliphatic hydroxyl groups is 3. The summed E-state index contributed by atoms with van der Waals surface area (Å²) in [6.45, 7) is 11.4. The summed E-state index contributed by atoms with van der Waals surface area (Å²) in [6, 6.07) is 0. The third kappa shape index (κ3) is 7.27. The van der Waals surface area contributed by atoms with Gasteiger partial charge in [0.1, 0.15) is 23.2 Å². The van der Waals surface area contributed by atoms with Crippen LogP contribution in [0.25, 0.3) is 0 Å². The van der Waals surface area contributed by atoms with Crippen LogP contribution in [0, 0.1) is 24.7 Å². The summed E-state index contributed by atoms with van der Waals surface area (Å²) >= 11 is 0. The first-order chi connectivity index (χ1) is 23.7. The number of aliphatic hydroxyl groups excluding tert-OH is 2. The minimum atomic E-state index is -2.06. The van der Waals surface area contributed by atoms with Gasteiger partial charge in [0.25, 0.3) is 11.7 Å². The molecule has 3 aliphatic heterocycles. The molecule has 0 aromatic heterocycles. The number of methoxy groups -OCH3 is 1. The number of nitrogens with one attached hydrogen (secondary N) is 1. The van der Waals surface area contributed by atoms with Crippen molar-refractivity contribution in [3.05, 3.63) is 70.2 Å². The fourth-order valence-corrected chi connectivity index (χ4v) is 6.65. The SMILES string of the molecule is CO[C@H]1C=CO[C@@]2(C)Oc3c(C)c(O)c4c(c3C2=O)C(=O)C=C(NC(=O)C(C)=CC=C[C@@](C)(O)[C@H](O)[C@@H](C)[C@@H](O)[C@@H](C)[C@H](OC(C)=O)[C@@H]1C)C4=O. The highest BCUT2D eigenvalue weighted by molar-refractivity contribution is 6.30. The second kappa shape index (κ2) is 14.5. The highest BCUT2D eigenvalue weighted by Gasteiger charge is 2.52. The van der Waals surface area contributed by atoms with E-state index in [1.54, 1.807) is 13.8 Å². The van der Waals surface area contributed by atoms with Crippen LogP contribution < -0.4 is 10.1 Å². The number of hydrogen-bond acceptors (Lipinski definition) is 13. The van der Waals surface area contributed by atoms with Gasteiger partial charge in [0.2, 0.25) is 5.78 Å². The van der Waals surface area contributed by atoms with Crippen LogP contribution in [-0.2, 0) is 23.8 Å². The molecule has 0 fully saturated rings. The van der Waals surface area contributed by atoms with Crippen molar-refractivity contribution in [1.82, 2.24) is 5.32 Å². The summed E-state index contributed by atoms with van der Waals surface area (Å²) in [6.07, 6.45) is 2.56. The summed E-state index contributed by atoms with van der Waals surface area (Å²) in [5, 5.41) is 47.2. The van der Waals surface area contributed by atoms with Crippen molar-refractivity contribution in [3.63, 3.8) is 0 Å². The van der Waals surface area contributed by atoms with E-state index < -0.39 is 105 Å². The van der Waals surface area contributed by atoms with Crippen LogP contribution in [0.4, 0.5) is 0 Å². The summed E-state index contributed by atoms with van der Waals surface area (Å²) in [7, 11) is 1.39. The van der Waals surface area contributed by atoms with Gasteiger partial charge in [0.15, 0.2) is 5.78 Å². The van der Waals surface area contributed by atoms with E-state index in [0.29, 0.717) is 0 Å². The molecule has 0 radical (unpaired) electrons. The van der Waals surface area contributed by atoms with Gasteiger partial charge in [-0.25, -0.2) is 0 Å². The predicted molar refractivity (Wildman–Crippen MR) is 181 cm³/mol. The average Bonchev–Trinajstić information content (AvgIpc) is 3.33. The standard InChI is InChI=1S/C37H45NO13/c1-16-11-10-13-36(7,47)33(44)20(5)28(41)18(3)31(50-21(6)39)17(2)24(48-9)12-14-49-37(8)34(45)27-25-23(40)15-22(38-35(16)46)30(43)26(25)29(42)19(4)32(27)51-37/h10-15,17-18,20,24,28,31,33,41-42,44,47H,1-9H3,(H,38,46)/t17-,18-,20+,24+,28+,31-,33-,36-,37+/m1/s1. The number of Topliss-reactive ketones (excluding diaryl/α,β-unsaturated/α-hetero) is 2. The zero-order chi connectivity index (χ0) is 38.3. The molecule has 5 N–H and O–H groups in total. The Kier molecular flexibility index (Phi) is 11.2. The van der Waals surface area contributed by atoms with Gasteiger partial charge >= 0.3 is 11.8 Å². The number of amides is 1. The molecule has 14 heteroatoms. The predicted octanol–water partition coefficient (Wildman–Crippen LogP) is 2.75. The Morgan fingerprint density at radius 3 is 2.24 bits per heavy atom. The summed E-state index contributed by atoms with van der Waals surface area (Å²) < 4.78 is 23.0. The van der Waals surface area contributed by atoms with Gasteiger partial charge in [-0.2, -0.15) is 0 Å². The zero-order valence-electron chi connectivity index (χ0n) is 30.0. The van der Waals surface area contributed by atoms with E-state index in [-0.39, 0.29) is 22.4 Å². The van der Waals surface area contributed by atoms with Gasteiger partial charge in [0, 0.05) is 55.9 Å². The fourth-order valence-electron chi connectivity index (χ4n) is 6.65. The number of hydrogen-bond donors (Lipinski definition) is 5. The normalized spacial score (nSPS) is 33.2. The van der Waals surface area contributed by atoms with Crippen LogP contribution in [0.2, 0.25) is 0 Å². The Hall–Kier alpha value is -4.63. The largest absolute Gasteiger partial charge is 0.507 e. The number of allylic oxidation sites excluding steroid dienone is 4. The molecule has 3 heterocycles. The van der Waals surface area contributed by atoms with Crippen molar-refractivity contribution in [3.8, 4) is 11.5 Å². The molecule has 4 aliphatic rings. The van der Waals surface area contributed by atoms with Crippen molar-refractivity contribution in [2.45, 2.75) is 91.2 Å². The first-order valence-electron chi connectivity index (χ1n) is 16.4. The molecule has 0 unspecified atom stereocenters. The molecule has 0 saturated heterocycles. The Balaban J connectivity index is 1.85. The number of ether oxygens (including phenoxy) is 4. The lowest BCUT2D eigenvalue weighted by atomic mass is 9.77. The molecular weight excluding hydrogens is 666 g/mol. The number of aromatic hydroxyl groups is 1. The topological polar surface area (TPSA) is 215 Å². The van der Waals surface area contributed by atoms with Crippen molar-refractivity contribution >= 4 is 29.2 Å². The summed E-state index contributed by atoms with van der Waals surface area (Å²) in [4.78, 5) is 66.3. The number of carbonyl (C=O) groups excluding carboxylic acids is 5. The Bertz CT molecular complexity index is 1770. The van der Waals surface area contributed by atoms with Gasteiger partial charge in [-0.15, -0.1) is 0 Å². The number of fused-ring (bicyclic) bond motifs is 14. The number of phenols is 1. The first-order valence-corrected chi connectivity index (χ1v) is 16.4. The van der Waals surface area contributed by atoms with Crippen LogP contribution in [-0.4, -0.2) is 92.6 Å². The van der Waals surface area contributed by atoms with Gasteiger partial charge in [-0.3, -0.25) is 24.0 Å². The molecule has 0 spiro atoms. The second-order valence-electron chi connectivity index (χ2n) is 13.7. The van der Waals surface area contributed by atoms with E-state index >= 15 is 0 Å². The van der Waals surface area contributed by atoms with Crippen molar-refractivity contribution in [1.29, 1.82) is 0 Å². The highest BCUT2D eigenvalue weighted by Crippen LogP contribution is 2.48. The molecule has 1 amide bonds. The third-order valence-electron chi connectivity index (χ3n) is 9.84. The number of phenolic OH excluding ortho intramolecular Hbond substituents is 1. The van der Waals surface area contributed by atoms with E-state index in [2.05, 4.69) is 5.32 Å². The molecule has 9 atom stereocenters. The molecule has 1 aromatic carbocycles. The van der Waals surface area contributed by atoms with Crippen LogP contribution in [0.15, 0.2) is 47.9 Å². The maximum absolute atomic E-state index is 13.9. The van der Waals surface area contributed by atoms with Gasteiger partial charge in [-0.1, -0.05) is 39.0 Å². The average molecular weight is 712 g/mol. The van der Waals surface area contributed by atoms with E-state index in [4.69, 9.17) is 18.9 Å². The number of rotatable bonds is 2. The van der Waals surface area contributed by atoms with Crippen LogP contribution in [0.3, 0.4) is 0 Å². The number of carbonyl (C=O) groups is 5. The van der Waals surface area contributed by atoms with Gasteiger partial charge < -0.3 is 44.7 Å². The first kappa shape index (κ1) is 39.2. The summed E-state index contributed by atoms with van der Waals surface area (Å²) in [5.41, 5.74) is -3.51. The van der Waals surface area contributed by atoms with Crippen molar-refractivity contribution < 1.29 is 63.3 Å². The lowest BCUT2D eigenvalue weighted by molar-refractivity contribution is -0.162. The van der Waals surface area contributed by atoms with Gasteiger partial charge in [-0.05, 0) is 26.8 Å². The molecule has 14 nitrogen and oxygen atoms in total. The fraction of sp³-hybridized carbons (Fsp3) is 0.486. The molecule has 1 aliphatic carbocycles. The maximum Gasteiger partial charge on any atom is 0.312 e. The lowest BCUT2D eigenvalue weighted by Gasteiger charge is -2.39. The number of esters is 1. The minimum Gasteiger partial charge on any atom is -0.507 e. The van der Waals surface area contributed by atoms with Crippen LogP contribution >= 0.6 is 0 Å². The third-order valence-corrected chi connectivity index (χ3v) is 9.84. The van der Waals surface area contributed by atoms with E-state index in [1.165, 1.54) is 73.0 Å². The van der Waals surface area contributed by atoms with Gasteiger partial charge in [0.05, 0.1) is 47.0 Å². The minimum absolute atomic E-state index is 0.0162. The maximum atomic E-state index is 13.9. The number of ketones is 3. The molecule has 0 saturated carbocycles. The quantitative estimate of drug-likeness (QED) is 0.280. The van der Waals surface area contributed by atoms with Crippen LogP contribution in [0.5, 0.6) is 11.5 Å². The van der Waals surface area contributed by atoms with E-state index in [1.807, 2.05) is 0 Å². The second-order valence-corrected chi connectivity index (χ2v) is 13.7. The smallest absolute Gasteiger partial charge is 0.312 e. The number of benzene rings is 1. The summed E-state index contributed by atoms with van der Waals surface area (Å²) in [5.74, 6) is -9.29. The molecule has 5 rings (SSSR count). The molecule has 1 aromatic rings. The molecular formula is C37H45NO13. The Labute approximate surface area is 295 Å². The lowest BCUT2D eigenvalue weighted by Crippen LogP contribution is -2.50. The molecule has 276 valence electrons. The zero-order valence-corrected chi connectivity index (χ0v) is 30.0. The highest BCUT2D eigenvalue weighted by atomic mass is 16.7.